The molecule has 0 saturated heterocycles. The monoisotopic (exact) mass is 818 g/mol. The minimum Gasteiger partial charge on any atom is -0.410 e. The summed E-state index contributed by atoms with van der Waals surface area (Å²) in [6, 6.07) is 27.0. The number of hydrogen-bond acceptors (Lipinski definition) is 12. The van der Waals surface area contributed by atoms with Gasteiger partial charge in [0, 0.05) is 58.4 Å². The molecular weight excluding hydrogens is 785 g/mol. The number of carbonyl (C=O) groups excluding carboxylic acids is 4. The van der Waals surface area contributed by atoms with Gasteiger partial charge in [0.2, 0.25) is 0 Å². The quantitative estimate of drug-likeness (QED) is 0.0686. The molecule has 5 rings (SSSR count). The lowest BCUT2D eigenvalue weighted by Crippen LogP contribution is -2.21. The Morgan fingerprint density at radius 1 is 0.439 bits per heavy atom. The van der Waals surface area contributed by atoms with Crippen LogP contribution in [0.2, 0.25) is 0 Å². The molecular formula is C37H34N6O12S2. The van der Waals surface area contributed by atoms with Crippen LogP contribution in [0.1, 0.15) is 5.56 Å². The van der Waals surface area contributed by atoms with Crippen LogP contribution in [-0.2, 0) is 20.2 Å². The van der Waals surface area contributed by atoms with Crippen molar-refractivity contribution in [1.82, 2.24) is 0 Å². The highest BCUT2D eigenvalue weighted by atomic mass is 32.2. The van der Waals surface area contributed by atoms with Crippen molar-refractivity contribution in [3.63, 3.8) is 0 Å². The average Bonchev–Trinajstić information content (AvgIpc) is 3.09. The first-order valence-corrected chi connectivity index (χ1v) is 20.0. The van der Waals surface area contributed by atoms with Gasteiger partial charge in [-0.05, 0) is 73.2 Å². The third-order valence-corrected chi connectivity index (χ3v) is 8.08. The van der Waals surface area contributed by atoms with Crippen molar-refractivity contribution in [2.75, 3.05) is 44.4 Å². The summed E-state index contributed by atoms with van der Waals surface area (Å²) < 4.78 is 66.1. The van der Waals surface area contributed by atoms with Crippen LogP contribution in [0.4, 0.5) is 53.3 Å². The van der Waals surface area contributed by atoms with Gasteiger partial charge in [0.1, 0.15) is 23.0 Å². The van der Waals surface area contributed by atoms with Gasteiger partial charge in [-0.15, -0.1) is 0 Å². The SMILES string of the molecule is Cc1c(NC(=O)Oc2cccc(NC(=O)Nc3cccc(OS(C)(=O)=O)c3)c2)cccc1NC(=O)Oc1cccc(NC(=O)Nc2cccc(OS(C)(=O)=O)c2)c1. The van der Waals surface area contributed by atoms with Gasteiger partial charge in [0.05, 0.1) is 12.5 Å². The molecule has 5 aromatic rings. The van der Waals surface area contributed by atoms with Crippen LogP contribution in [0.15, 0.2) is 115 Å². The lowest BCUT2D eigenvalue weighted by molar-refractivity contribution is 0.214. The van der Waals surface area contributed by atoms with Crippen LogP contribution in [0.3, 0.4) is 0 Å². The largest absolute Gasteiger partial charge is 0.417 e. The highest BCUT2D eigenvalue weighted by Gasteiger charge is 2.15. The Hall–Kier alpha value is -7.32. The molecule has 20 heteroatoms. The predicted molar refractivity (Wildman–Crippen MR) is 212 cm³/mol. The number of ether oxygens (including phenoxy) is 2. The van der Waals surface area contributed by atoms with Gasteiger partial charge >= 0.3 is 44.5 Å². The Morgan fingerprint density at radius 3 is 1.07 bits per heavy atom. The maximum absolute atomic E-state index is 12.8. The van der Waals surface area contributed by atoms with Gasteiger partial charge in [-0.1, -0.05) is 30.3 Å². The van der Waals surface area contributed by atoms with E-state index in [1.807, 2.05) is 0 Å². The van der Waals surface area contributed by atoms with Crippen LogP contribution in [-0.4, -0.2) is 53.6 Å². The van der Waals surface area contributed by atoms with Gasteiger partial charge in [-0.25, -0.2) is 19.2 Å². The summed E-state index contributed by atoms with van der Waals surface area (Å²) in [6.07, 6.45) is 0.0540. The Balaban J connectivity index is 1.12. The number of rotatable bonds is 12. The lowest BCUT2D eigenvalue weighted by Gasteiger charge is -2.14. The first-order chi connectivity index (χ1) is 27.0. The molecule has 0 aliphatic carbocycles. The third-order valence-electron chi connectivity index (χ3n) is 7.09. The zero-order chi connectivity index (χ0) is 41.2. The Morgan fingerprint density at radius 2 is 0.737 bits per heavy atom. The molecule has 0 atom stereocenters. The van der Waals surface area contributed by atoms with E-state index in [0.717, 1.165) is 12.5 Å². The number of hydrogen-bond donors (Lipinski definition) is 6. The van der Waals surface area contributed by atoms with Gasteiger partial charge in [0.15, 0.2) is 0 Å². The highest BCUT2D eigenvalue weighted by Crippen LogP contribution is 2.26. The van der Waals surface area contributed by atoms with Gasteiger partial charge < -0.3 is 39.1 Å². The maximum Gasteiger partial charge on any atom is 0.417 e. The highest BCUT2D eigenvalue weighted by molar-refractivity contribution is 7.86. The van der Waals surface area contributed by atoms with Crippen molar-refractivity contribution < 1.29 is 53.9 Å². The van der Waals surface area contributed by atoms with Gasteiger partial charge in [-0.3, -0.25) is 10.6 Å². The number of nitrogens with one attached hydrogen (secondary N) is 6. The molecule has 0 saturated carbocycles. The molecule has 18 nitrogen and oxygen atoms in total. The van der Waals surface area contributed by atoms with Crippen molar-refractivity contribution >= 4 is 78.6 Å². The second kappa shape index (κ2) is 17.9. The van der Waals surface area contributed by atoms with Gasteiger partial charge in [0.25, 0.3) is 0 Å². The Kier molecular flexibility index (Phi) is 12.8. The van der Waals surface area contributed by atoms with Crippen molar-refractivity contribution in [2.45, 2.75) is 6.92 Å². The molecule has 296 valence electrons. The second-order valence-electron chi connectivity index (χ2n) is 11.9. The summed E-state index contributed by atoms with van der Waals surface area (Å²) in [6.45, 7) is 1.64. The number of urea groups is 2. The number of benzene rings is 5. The lowest BCUT2D eigenvalue weighted by atomic mass is 10.1. The summed E-state index contributed by atoms with van der Waals surface area (Å²) >= 11 is 0. The molecule has 0 aromatic heterocycles. The molecule has 6 amide bonds. The van der Waals surface area contributed by atoms with E-state index in [1.165, 1.54) is 72.8 Å². The van der Waals surface area contributed by atoms with E-state index in [9.17, 15) is 36.0 Å². The summed E-state index contributed by atoms with van der Waals surface area (Å²) in [5.74, 6) is 0.209. The number of anilines is 6. The Labute approximate surface area is 326 Å². The molecule has 6 N–H and O–H groups in total. The summed E-state index contributed by atoms with van der Waals surface area (Å²) in [5.41, 5.74) is 2.14. The van der Waals surface area contributed by atoms with Crippen LogP contribution in [0.5, 0.6) is 23.0 Å². The zero-order valence-corrected chi connectivity index (χ0v) is 31.8. The van der Waals surface area contributed by atoms with Crippen LogP contribution >= 0.6 is 0 Å². The fraction of sp³-hybridized carbons (Fsp3) is 0.0811. The summed E-state index contributed by atoms with van der Waals surface area (Å²) in [5, 5.41) is 15.5. The summed E-state index contributed by atoms with van der Waals surface area (Å²) in [7, 11) is -7.52. The molecule has 57 heavy (non-hydrogen) atoms. The second-order valence-corrected chi connectivity index (χ2v) is 15.0. The van der Waals surface area contributed by atoms with E-state index < -0.39 is 44.5 Å². The molecule has 5 aromatic carbocycles. The van der Waals surface area contributed by atoms with E-state index in [-0.39, 0.29) is 45.7 Å². The smallest absolute Gasteiger partial charge is 0.410 e. The first-order valence-electron chi connectivity index (χ1n) is 16.4. The third kappa shape index (κ3) is 13.5. The van der Waals surface area contributed by atoms with E-state index in [2.05, 4.69) is 31.9 Å². The molecule has 0 fully saturated rings. The van der Waals surface area contributed by atoms with E-state index in [4.69, 9.17) is 17.8 Å². The minimum atomic E-state index is -3.76. The van der Waals surface area contributed by atoms with Crippen LogP contribution < -0.4 is 49.7 Å². The molecule has 0 bridgehead atoms. The molecule has 0 heterocycles. The number of amides is 6. The van der Waals surface area contributed by atoms with Gasteiger partial charge in [-0.2, -0.15) is 16.8 Å². The topological polar surface area (TPSA) is 246 Å². The van der Waals surface area contributed by atoms with E-state index in [1.54, 1.807) is 49.4 Å². The zero-order valence-electron chi connectivity index (χ0n) is 30.2. The fourth-order valence-corrected chi connectivity index (χ4v) is 5.76. The van der Waals surface area contributed by atoms with Crippen molar-refractivity contribution in [3.8, 4) is 23.0 Å². The van der Waals surface area contributed by atoms with Crippen molar-refractivity contribution in [1.29, 1.82) is 0 Å². The summed E-state index contributed by atoms with van der Waals surface area (Å²) in [4.78, 5) is 50.8. The average molecular weight is 819 g/mol. The molecule has 0 aliphatic heterocycles. The molecule has 0 aliphatic rings. The first kappa shape index (κ1) is 40.9. The minimum absolute atomic E-state index is 0.0148. The normalized spacial score (nSPS) is 10.9. The maximum atomic E-state index is 12.8. The van der Waals surface area contributed by atoms with E-state index in [0.29, 0.717) is 16.9 Å². The molecule has 0 spiro atoms. The van der Waals surface area contributed by atoms with E-state index >= 15 is 0 Å². The predicted octanol–water partition coefficient (Wildman–Crippen LogP) is 7.18. The van der Waals surface area contributed by atoms with Crippen molar-refractivity contribution in [3.05, 3.63) is 121 Å². The molecule has 0 radical (unpaired) electrons. The van der Waals surface area contributed by atoms with Crippen molar-refractivity contribution in [2.24, 2.45) is 0 Å². The Bertz CT molecular complexity index is 2380. The fourth-order valence-electron chi connectivity index (χ4n) is 4.85. The number of carbonyl (C=O) groups is 4. The molecule has 0 unspecified atom stereocenters. The van der Waals surface area contributed by atoms with Crippen LogP contribution in [0, 0.1) is 6.92 Å². The standard InChI is InChI=1S/C37H34N6O12S2/c1-23-32(42-36(46)52-28-13-4-9-24(19-28)38-34(44)40-26-11-6-15-30(21-26)54-56(2,48)49)17-8-18-33(23)43-37(47)53-29-14-5-10-25(20-29)39-35(45)41-27-12-7-16-31(22-27)55-57(3,50)51/h4-22H,1-3H3,(H,42,46)(H,43,47)(H2,38,40,44)(H2,39,41,45). The van der Waals surface area contributed by atoms with Crippen LogP contribution in [0.25, 0.3) is 0 Å².